The lowest BCUT2D eigenvalue weighted by atomic mass is 10.1. The molecule has 0 unspecified atom stereocenters. The molecule has 0 aliphatic rings. The summed E-state index contributed by atoms with van der Waals surface area (Å²) in [5.74, 6) is 0.365. The minimum Gasteiger partial charge on any atom is -0.493 e. The molecule has 1 N–H and O–H groups in total. The van der Waals surface area contributed by atoms with E-state index >= 15 is 0 Å². The van der Waals surface area contributed by atoms with E-state index in [0.717, 1.165) is 6.07 Å². The number of nitrogens with one attached hydrogen (secondary N) is 1. The van der Waals surface area contributed by atoms with Crippen molar-refractivity contribution in [2.24, 2.45) is 0 Å². The van der Waals surface area contributed by atoms with Gasteiger partial charge in [-0.25, -0.2) is 0 Å². The third kappa shape index (κ3) is 5.92. The van der Waals surface area contributed by atoms with Gasteiger partial charge in [0.25, 0.3) is 5.91 Å². The number of benzene rings is 3. The lowest BCUT2D eigenvalue weighted by molar-refractivity contribution is -0.136. The summed E-state index contributed by atoms with van der Waals surface area (Å²) in [5, 5.41) is 2.85. The van der Waals surface area contributed by atoms with Gasteiger partial charge in [0.05, 0.1) is 17.9 Å². The number of rotatable bonds is 7. The van der Waals surface area contributed by atoms with Crippen LogP contribution in [0.15, 0.2) is 66.7 Å². The van der Waals surface area contributed by atoms with Crippen LogP contribution in [-0.4, -0.2) is 12.5 Å². The zero-order valence-electron chi connectivity index (χ0n) is 16.5. The Morgan fingerprint density at radius 2 is 1.77 bits per heavy atom. The summed E-state index contributed by atoms with van der Waals surface area (Å²) in [6.07, 6.45) is -4.58. The highest BCUT2D eigenvalue weighted by Crippen LogP contribution is 2.35. The average molecular weight is 450 g/mol. The van der Waals surface area contributed by atoms with Gasteiger partial charge in [-0.15, -0.1) is 0 Å². The fourth-order valence-corrected chi connectivity index (χ4v) is 3.06. The van der Waals surface area contributed by atoms with E-state index < -0.39 is 17.6 Å². The summed E-state index contributed by atoms with van der Waals surface area (Å²) in [5.41, 5.74) is -0.492. The zero-order valence-corrected chi connectivity index (χ0v) is 17.3. The van der Waals surface area contributed by atoms with E-state index in [1.54, 1.807) is 30.3 Å². The van der Waals surface area contributed by atoms with E-state index in [0.29, 0.717) is 28.7 Å². The third-order valence-corrected chi connectivity index (χ3v) is 4.53. The van der Waals surface area contributed by atoms with Crippen LogP contribution in [0, 0.1) is 0 Å². The number of amides is 1. The predicted molar refractivity (Wildman–Crippen MR) is 113 cm³/mol. The molecule has 0 saturated carbocycles. The molecular weight excluding hydrogens is 431 g/mol. The molecular formula is C23H19ClF3NO3. The third-order valence-electron chi connectivity index (χ3n) is 4.29. The number of carbonyl (C=O) groups is 1. The molecule has 1 amide bonds. The summed E-state index contributed by atoms with van der Waals surface area (Å²) < 4.78 is 50.9. The van der Waals surface area contributed by atoms with Gasteiger partial charge in [0.15, 0.2) is 0 Å². The van der Waals surface area contributed by atoms with Crippen molar-refractivity contribution in [3.63, 3.8) is 0 Å². The highest BCUT2D eigenvalue weighted by Gasteiger charge is 2.33. The van der Waals surface area contributed by atoms with Gasteiger partial charge < -0.3 is 14.8 Å². The van der Waals surface area contributed by atoms with Crippen molar-refractivity contribution in [1.29, 1.82) is 0 Å². The van der Waals surface area contributed by atoms with Gasteiger partial charge in [-0.1, -0.05) is 29.8 Å². The summed E-state index contributed by atoms with van der Waals surface area (Å²) in [4.78, 5) is 12.7. The number of ether oxygens (including phenoxy) is 2. The largest absolute Gasteiger partial charge is 0.493 e. The molecule has 3 rings (SSSR count). The van der Waals surface area contributed by atoms with Crippen molar-refractivity contribution < 1.29 is 27.4 Å². The van der Waals surface area contributed by atoms with E-state index in [4.69, 9.17) is 21.1 Å². The second kappa shape index (κ2) is 9.75. The highest BCUT2D eigenvalue weighted by atomic mass is 35.5. The monoisotopic (exact) mass is 449 g/mol. The Kier molecular flexibility index (Phi) is 7.07. The smallest absolute Gasteiger partial charge is 0.418 e. The van der Waals surface area contributed by atoms with Crippen LogP contribution in [0.1, 0.15) is 28.4 Å². The number of alkyl halides is 3. The maximum atomic E-state index is 13.2. The van der Waals surface area contributed by atoms with Crippen molar-refractivity contribution in [3.8, 4) is 11.5 Å². The Morgan fingerprint density at radius 3 is 2.48 bits per heavy atom. The maximum absolute atomic E-state index is 13.2. The van der Waals surface area contributed by atoms with Crippen LogP contribution in [0.3, 0.4) is 0 Å². The fourth-order valence-electron chi connectivity index (χ4n) is 2.88. The van der Waals surface area contributed by atoms with Crippen LogP contribution in [0.2, 0.25) is 5.02 Å². The van der Waals surface area contributed by atoms with Crippen molar-refractivity contribution >= 4 is 23.2 Å². The molecule has 3 aromatic carbocycles. The molecule has 4 nitrogen and oxygen atoms in total. The summed E-state index contributed by atoms with van der Waals surface area (Å²) in [6.45, 7) is 2.29. The van der Waals surface area contributed by atoms with Crippen LogP contribution in [0.25, 0.3) is 0 Å². The number of hydrogen-bond acceptors (Lipinski definition) is 3. The molecule has 0 aliphatic heterocycles. The molecule has 0 radical (unpaired) electrons. The SMILES string of the molecule is CCOc1ccc(C(=O)Nc2ccccc2C(F)(F)F)cc1COc1cccc(Cl)c1. The Labute approximate surface area is 182 Å². The van der Waals surface area contributed by atoms with E-state index in [9.17, 15) is 18.0 Å². The normalized spacial score (nSPS) is 11.1. The Hall–Kier alpha value is -3.19. The minimum atomic E-state index is -4.58. The Bertz CT molecular complexity index is 1070. The predicted octanol–water partition coefficient (Wildman–Crippen LogP) is 6.59. The van der Waals surface area contributed by atoms with Gasteiger partial charge in [0, 0.05) is 16.1 Å². The van der Waals surface area contributed by atoms with Gasteiger partial charge in [-0.3, -0.25) is 4.79 Å². The number of halogens is 4. The Morgan fingerprint density at radius 1 is 1.00 bits per heavy atom. The van der Waals surface area contributed by atoms with E-state index in [1.807, 2.05) is 6.92 Å². The second-order valence-corrected chi connectivity index (χ2v) is 6.94. The molecule has 0 bridgehead atoms. The molecule has 8 heteroatoms. The number of hydrogen-bond donors (Lipinski definition) is 1. The van der Waals surface area contributed by atoms with Crippen LogP contribution >= 0.6 is 11.6 Å². The first kappa shape index (κ1) is 22.5. The molecule has 3 aromatic rings. The quantitative estimate of drug-likeness (QED) is 0.442. The standard InChI is InChI=1S/C23H19ClF3NO3/c1-2-30-21-11-10-15(12-16(21)14-31-18-7-5-6-17(24)13-18)22(29)28-20-9-4-3-8-19(20)23(25,26)27/h3-13H,2,14H2,1H3,(H,28,29). The topological polar surface area (TPSA) is 47.6 Å². The van der Waals surface area contributed by atoms with E-state index in [2.05, 4.69) is 5.32 Å². The molecule has 0 spiro atoms. The number of anilines is 1. The van der Waals surface area contributed by atoms with Crippen molar-refractivity contribution in [2.75, 3.05) is 11.9 Å². The van der Waals surface area contributed by atoms with Crippen molar-refractivity contribution in [1.82, 2.24) is 0 Å². The minimum absolute atomic E-state index is 0.0793. The molecule has 0 heterocycles. The zero-order chi connectivity index (χ0) is 22.4. The van der Waals surface area contributed by atoms with Crippen molar-refractivity contribution in [2.45, 2.75) is 19.7 Å². The summed E-state index contributed by atoms with van der Waals surface area (Å²) >= 11 is 5.96. The van der Waals surface area contributed by atoms with E-state index in [1.165, 1.54) is 30.3 Å². The second-order valence-electron chi connectivity index (χ2n) is 6.50. The molecule has 0 saturated heterocycles. The van der Waals surface area contributed by atoms with Crippen molar-refractivity contribution in [3.05, 3.63) is 88.4 Å². The number of para-hydroxylation sites is 1. The Balaban J connectivity index is 1.83. The van der Waals surface area contributed by atoms with Gasteiger partial charge in [-0.2, -0.15) is 13.2 Å². The van der Waals surface area contributed by atoms with Gasteiger partial charge in [0.2, 0.25) is 0 Å². The first-order valence-corrected chi connectivity index (χ1v) is 9.77. The van der Waals surface area contributed by atoms with Crippen LogP contribution in [0.5, 0.6) is 11.5 Å². The fraction of sp³-hybridized carbons (Fsp3) is 0.174. The van der Waals surface area contributed by atoms with Crippen LogP contribution in [0.4, 0.5) is 18.9 Å². The summed E-state index contributed by atoms with van der Waals surface area (Å²) in [6, 6.07) is 16.2. The lowest BCUT2D eigenvalue weighted by Gasteiger charge is -2.15. The lowest BCUT2D eigenvalue weighted by Crippen LogP contribution is -2.17. The highest BCUT2D eigenvalue weighted by molar-refractivity contribution is 6.30. The van der Waals surface area contributed by atoms with Gasteiger partial charge in [0.1, 0.15) is 18.1 Å². The first-order chi connectivity index (χ1) is 14.8. The molecule has 0 atom stereocenters. The van der Waals surface area contributed by atoms with Gasteiger partial charge >= 0.3 is 6.18 Å². The van der Waals surface area contributed by atoms with Gasteiger partial charge in [-0.05, 0) is 55.5 Å². The molecule has 0 aliphatic carbocycles. The molecule has 31 heavy (non-hydrogen) atoms. The molecule has 0 aromatic heterocycles. The van der Waals surface area contributed by atoms with E-state index in [-0.39, 0.29) is 17.9 Å². The number of carbonyl (C=O) groups excluding carboxylic acids is 1. The van der Waals surface area contributed by atoms with Crippen LogP contribution < -0.4 is 14.8 Å². The summed E-state index contributed by atoms with van der Waals surface area (Å²) in [7, 11) is 0. The molecule has 0 fully saturated rings. The molecule has 162 valence electrons. The van der Waals surface area contributed by atoms with Crippen LogP contribution in [-0.2, 0) is 12.8 Å². The average Bonchev–Trinajstić information content (AvgIpc) is 2.73. The first-order valence-electron chi connectivity index (χ1n) is 9.39. The maximum Gasteiger partial charge on any atom is 0.418 e.